The van der Waals surface area contributed by atoms with Crippen molar-refractivity contribution in [3.05, 3.63) is 85.5 Å². The van der Waals surface area contributed by atoms with E-state index < -0.39 is 22.6 Å². The predicted octanol–water partition coefficient (Wildman–Crippen LogP) is 7.01. The highest BCUT2D eigenvalue weighted by Crippen LogP contribution is 2.35. The summed E-state index contributed by atoms with van der Waals surface area (Å²) in [5.74, 6) is 0. The molecular weight excluding hydrogens is 571 g/mol. The minimum absolute atomic E-state index is 0.447. The van der Waals surface area contributed by atoms with Crippen molar-refractivity contribution in [3.63, 3.8) is 0 Å². The maximum Gasteiger partial charge on any atom is 0.416 e. The first kappa shape index (κ1) is 19.0. The molecule has 0 aromatic heterocycles. The van der Waals surface area contributed by atoms with Gasteiger partial charge in [0.05, 0.1) is 16.5 Å². The summed E-state index contributed by atoms with van der Waals surface area (Å²) in [4.78, 5) is 3.05. The van der Waals surface area contributed by atoms with Crippen LogP contribution in [0.3, 0.4) is 0 Å². The first-order chi connectivity index (χ1) is 11.8. The Hall–Kier alpha value is -0.740. The van der Waals surface area contributed by atoms with E-state index in [1.807, 2.05) is 36.4 Å². The van der Waals surface area contributed by atoms with Gasteiger partial charge in [0.1, 0.15) is 0 Å². The van der Waals surface area contributed by atoms with Crippen LogP contribution in [0.1, 0.15) is 5.56 Å². The van der Waals surface area contributed by atoms with Crippen molar-refractivity contribution in [3.8, 4) is 0 Å². The molecule has 0 fully saturated rings. The predicted molar refractivity (Wildman–Crippen MR) is 112 cm³/mol. The molecule has 0 aliphatic heterocycles. The number of halogens is 5. The maximum atomic E-state index is 12.9. The Balaban J connectivity index is 2.11. The summed E-state index contributed by atoms with van der Waals surface area (Å²) >= 11 is 4.51. The molecule has 0 N–H and O–H groups in total. The average Bonchev–Trinajstić information content (AvgIpc) is 2.55. The number of hydrogen-bond donors (Lipinski definition) is 0. The maximum absolute atomic E-state index is 12.9. The zero-order chi connectivity index (χ0) is 18.0. The molecule has 0 spiro atoms. The van der Waals surface area contributed by atoms with Crippen LogP contribution in [0.15, 0.2) is 87.5 Å². The van der Waals surface area contributed by atoms with Crippen LogP contribution in [0.25, 0.3) is 0 Å². The highest BCUT2D eigenvalue weighted by atomic mass is 127. The monoisotopic (exact) mass is 583 g/mol. The molecule has 3 aromatic carbocycles. The highest BCUT2D eigenvalue weighted by Gasteiger charge is 2.33. The van der Waals surface area contributed by atoms with E-state index in [4.69, 9.17) is 0 Å². The van der Waals surface area contributed by atoms with E-state index >= 15 is 0 Å². The lowest BCUT2D eigenvalue weighted by molar-refractivity contribution is -0.137. The van der Waals surface area contributed by atoms with Crippen molar-refractivity contribution in [1.82, 2.24) is 0 Å². The lowest BCUT2D eigenvalue weighted by atomic mass is 10.2. The quantitative estimate of drug-likeness (QED) is 0.230. The van der Waals surface area contributed by atoms with Crippen molar-refractivity contribution in [2.75, 3.05) is 0 Å². The van der Waals surface area contributed by atoms with Gasteiger partial charge < -0.3 is 0 Å². The van der Waals surface area contributed by atoms with E-state index in [2.05, 4.69) is 57.3 Å². The van der Waals surface area contributed by atoms with Gasteiger partial charge >= 0.3 is 6.18 Å². The van der Waals surface area contributed by atoms with E-state index in [0.717, 1.165) is 34.0 Å². The van der Waals surface area contributed by atoms with Crippen LogP contribution in [-0.2, 0) is 17.1 Å². The summed E-state index contributed by atoms with van der Waals surface area (Å²) in [6.45, 7) is 0. The second kappa shape index (κ2) is 7.87. The van der Waals surface area contributed by atoms with E-state index in [1.165, 1.54) is 0 Å². The molecule has 0 unspecified atom stereocenters. The number of benzene rings is 3. The molecule has 0 amide bonds. The fraction of sp³-hybridized carbons (Fsp3) is 0.0526. The van der Waals surface area contributed by atoms with Gasteiger partial charge in [-0.25, -0.2) is 0 Å². The Labute approximate surface area is 174 Å². The normalized spacial score (nSPS) is 11.8. The lowest BCUT2D eigenvalue weighted by Gasteiger charge is -2.10. The third-order valence-electron chi connectivity index (χ3n) is 3.48. The number of alkyl halides is 3. The minimum atomic E-state index is -4.32. The Kier molecular flexibility index (Phi) is 5.99. The van der Waals surface area contributed by atoms with Gasteiger partial charge in [0.15, 0.2) is 14.7 Å². The molecule has 0 aliphatic carbocycles. The molecule has 128 valence electrons. The Bertz CT molecular complexity index is 831. The molecule has 0 heterocycles. The largest absolute Gasteiger partial charge is 0.416 e. The van der Waals surface area contributed by atoms with Crippen LogP contribution < -0.4 is 0 Å². The molecular formula is C19H12F3I2S+. The van der Waals surface area contributed by atoms with Gasteiger partial charge in [0.25, 0.3) is 0 Å². The summed E-state index contributed by atoms with van der Waals surface area (Å²) in [6.07, 6.45) is -4.32. The van der Waals surface area contributed by atoms with Crippen LogP contribution in [0, 0.1) is 7.14 Å². The van der Waals surface area contributed by atoms with E-state index in [0.29, 0.717) is 0 Å². The van der Waals surface area contributed by atoms with Crippen LogP contribution in [-0.4, -0.2) is 0 Å². The molecule has 25 heavy (non-hydrogen) atoms. The van der Waals surface area contributed by atoms with Gasteiger partial charge in [-0.3, -0.25) is 0 Å². The molecule has 0 nitrogen and oxygen atoms in total. The fourth-order valence-electron chi connectivity index (χ4n) is 2.38. The van der Waals surface area contributed by atoms with E-state index in [1.54, 1.807) is 12.1 Å². The van der Waals surface area contributed by atoms with Crippen molar-refractivity contribution in [1.29, 1.82) is 0 Å². The fourth-order valence-corrected chi connectivity index (χ4v) is 6.03. The van der Waals surface area contributed by atoms with Gasteiger partial charge in [-0.15, -0.1) is 0 Å². The van der Waals surface area contributed by atoms with Crippen molar-refractivity contribution in [2.45, 2.75) is 20.9 Å². The van der Waals surface area contributed by atoms with Gasteiger partial charge in [-0.2, -0.15) is 13.2 Å². The summed E-state index contributed by atoms with van der Waals surface area (Å²) in [5, 5.41) is 0. The van der Waals surface area contributed by atoms with Crippen LogP contribution >= 0.6 is 45.2 Å². The zero-order valence-electron chi connectivity index (χ0n) is 12.7. The van der Waals surface area contributed by atoms with Crippen LogP contribution in [0.2, 0.25) is 0 Å². The second-order valence-corrected chi connectivity index (χ2v) is 9.76. The first-order valence-corrected chi connectivity index (χ1v) is 10.7. The molecule has 3 rings (SSSR count). The Morgan fingerprint density at radius 2 is 1.12 bits per heavy atom. The molecule has 0 saturated carbocycles. The highest BCUT2D eigenvalue weighted by molar-refractivity contribution is 14.1. The molecule has 0 aliphatic rings. The third-order valence-corrected chi connectivity index (χ3v) is 7.02. The SMILES string of the molecule is FC(F)(F)c1ccc([S+](c2cccc(I)c2)c2cccc(I)c2)cc1. The summed E-state index contributed by atoms with van der Waals surface area (Å²) in [5.41, 5.74) is -0.620. The zero-order valence-corrected chi connectivity index (χ0v) is 17.9. The standard InChI is InChI=1S/C19H12F3I2S/c20-19(21,22)13-7-9-16(10-8-13)25(17-5-1-3-14(23)11-17)18-6-2-4-15(24)12-18/h1-12H/q+1. The van der Waals surface area contributed by atoms with Crippen LogP contribution in [0.5, 0.6) is 0 Å². The Morgan fingerprint density at radius 3 is 1.52 bits per heavy atom. The summed E-state index contributed by atoms with van der Waals surface area (Å²) in [7, 11) is -0.447. The second-order valence-electron chi connectivity index (χ2n) is 5.24. The summed E-state index contributed by atoms with van der Waals surface area (Å²) in [6, 6.07) is 21.7. The average molecular weight is 583 g/mol. The number of hydrogen-bond acceptors (Lipinski definition) is 0. The Morgan fingerprint density at radius 1 is 0.640 bits per heavy atom. The van der Waals surface area contributed by atoms with Crippen molar-refractivity contribution in [2.24, 2.45) is 0 Å². The van der Waals surface area contributed by atoms with Gasteiger partial charge in [-0.1, -0.05) is 12.1 Å². The number of rotatable bonds is 3. The topological polar surface area (TPSA) is 0 Å². The van der Waals surface area contributed by atoms with Gasteiger partial charge in [-0.05, 0) is 93.7 Å². The summed E-state index contributed by atoms with van der Waals surface area (Å²) < 4.78 is 40.8. The molecule has 6 heteroatoms. The smallest absolute Gasteiger partial charge is 0.166 e. The van der Waals surface area contributed by atoms with Gasteiger partial charge in [0, 0.05) is 19.3 Å². The third kappa shape index (κ3) is 4.71. The lowest BCUT2D eigenvalue weighted by Crippen LogP contribution is -2.08. The molecule has 0 radical (unpaired) electrons. The van der Waals surface area contributed by atoms with Crippen LogP contribution in [0.4, 0.5) is 13.2 Å². The van der Waals surface area contributed by atoms with Gasteiger partial charge in [0.2, 0.25) is 0 Å². The molecule has 0 saturated heterocycles. The van der Waals surface area contributed by atoms with Crippen molar-refractivity contribution >= 4 is 56.1 Å². The minimum Gasteiger partial charge on any atom is -0.166 e. The first-order valence-electron chi connectivity index (χ1n) is 7.27. The molecule has 3 aromatic rings. The van der Waals surface area contributed by atoms with E-state index in [9.17, 15) is 13.2 Å². The molecule has 0 bridgehead atoms. The van der Waals surface area contributed by atoms with Crippen molar-refractivity contribution < 1.29 is 13.2 Å². The molecule has 0 atom stereocenters. The van der Waals surface area contributed by atoms with E-state index in [-0.39, 0.29) is 0 Å².